The maximum Gasteiger partial charge on any atom is 0.488 e. The highest BCUT2D eigenvalue weighted by atomic mass is 16.4. The van der Waals surface area contributed by atoms with E-state index in [0.717, 1.165) is 31.7 Å². The van der Waals surface area contributed by atoms with E-state index in [1.807, 2.05) is 6.07 Å². The van der Waals surface area contributed by atoms with Crippen LogP contribution >= 0.6 is 0 Å². The lowest BCUT2D eigenvalue weighted by atomic mass is 9.76. The number of benzene rings is 1. The summed E-state index contributed by atoms with van der Waals surface area (Å²) in [5, 5.41) is 25.8. The van der Waals surface area contributed by atoms with Crippen LogP contribution in [0.3, 0.4) is 0 Å². The zero-order chi connectivity index (χ0) is 14.5. The predicted octanol–water partition coefficient (Wildman–Crippen LogP) is 0.0218. The van der Waals surface area contributed by atoms with E-state index in [4.69, 9.17) is 5.53 Å². The van der Waals surface area contributed by atoms with Gasteiger partial charge in [0, 0.05) is 43.3 Å². The number of hydrogen-bond acceptors (Lipinski definition) is 5. The zero-order valence-electron chi connectivity index (χ0n) is 11.5. The number of nitrogens with one attached hydrogen (secondary N) is 1. The molecule has 1 saturated heterocycles. The van der Waals surface area contributed by atoms with Crippen molar-refractivity contribution in [2.45, 2.75) is 13.5 Å². The van der Waals surface area contributed by atoms with Crippen LogP contribution in [0.5, 0.6) is 0 Å². The monoisotopic (exact) mass is 275 g/mol. The van der Waals surface area contributed by atoms with Crippen molar-refractivity contribution in [2.24, 2.45) is 5.11 Å². The van der Waals surface area contributed by atoms with Crippen molar-refractivity contribution in [1.82, 2.24) is 10.2 Å². The van der Waals surface area contributed by atoms with Gasteiger partial charge in [0.1, 0.15) is 0 Å². The fraction of sp³-hybridized carbons (Fsp3) is 0.500. The number of nitrogens with zero attached hydrogens (tertiary/aromatic N) is 4. The molecule has 1 aliphatic rings. The Kier molecular flexibility index (Phi) is 5.00. The third-order valence-electron chi connectivity index (χ3n) is 3.53. The number of piperazine rings is 1. The van der Waals surface area contributed by atoms with E-state index in [1.165, 1.54) is 0 Å². The average molecular weight is 275 g/mol. The van der Waals surface area contributed by atoms with Gasteiger partial charge in [-0.25, -0.2) is 0 Å². The third-order valence-corrected chi connectivity index (χ3v) is 3.53. The lowest BCUT2D eigenvalue weighted by molar-refractivity contribution is 0.233. The molecule has 0 aliphatic carbocycles. The Balaban J connectivity index is 2.29. The van der Waals surface area contributed by atoms with Crippen molar-refractivity contribution in [1.29, 1.82) is 0 Å². The highest BCUT2D eigenvalue weighted by molar-refractivity contribution is 6.59. The van der Waals surface area contributed by atoms with E-state index in [1.54, 1.807) is 13.0 Å². The first kappa shape index (κ1) is 14.8. The van der Waals surface area contributed by atoms with Crippen molar-refractivity contribution in [2.75, 3.05) is 26.2 Å². The van der Waals surface area contributed by atoms with Crippen molar-refractivity contribution in [3.05, 3.63) is 33.7 Å². The van der Waals surface area contributed by atoms with Crippen LogP contribution in [-0.2, 0) is 6.54 Å². The molecule has 7 nitrogen and oxygen atoms in total. The Labute approximate surface area is 118 Å². The number of rotatable bonds is 4. The van der Waals surface area contributed by atoms with E-state index in [-0.39, 0.29) is 0 Å². The van der Waals surface area contributed by atoms with Gasteiger partial charge in [0.2, 0.25) is 0 Å². The van der Waals surface area contributed by atoms with Crippen LogP contribution in [0, 0.1) is 6.92 Å². The van der Waals surface area contributed by atoms with E-state index >= 15 is 0 Å². The van der Waals surface area contributed by atoms with Crippen LogP contribution in [0.4, 0.5) is 5.69 Å². The first-order valence-electron chi connectivity index (χ1n) is 6.59. The largest absolute Gasteiger partial charge is 0.488 e. The molecule has 20 heavy (non-hydrogen) atoms. The second kappa shape index (κ2) is 6.74. The van der Waals surface area contributed by atoms with Gasteiger partial charge in [0.15, 0.2) is 0 Å². The molecule has 0 bridgehead atoms. The predicted molar refractivity (Wildman–Crippen MR) is 78.0 cm³/mol. The van der Waals surface area contributed by atoms with Gasteiger partial charge in [-0.2, -0.15) is 0 Å². The first-order valence-corrected chi connectivity index (χ1v) is 6.59. The molecule has 0 radical (unpaired) electrons. The molecule has 0 saturated carbocycles. The van der Waals surface area contributed by atoms with Gasteiger partial charge in [-0.05, 0) is 35.1 Å². The van der Waals surface area contributed by atoms with Crippen molar-refractivity contribution in [3.63, 3.8) is 0 Å². The standard InChI is InChI=1S/C12H18BN5O2/c1-9-11(13(19)20)6-10(7-12(9)16-17-14)8-18-4-2-15-3-5-18/h6-7,15,19-20H,2-5,8H2,1H3. The van der Waals surface area contributed by atoms with Gasteiger partial charge in [-0.1, -0.05) is 11.2 Å². The summed E-state index contributed by atoms with van der Waals surface area (Å²) in [6.45, 7) is 6.21. The SMILES string of the molecule is Cc1c(N=[N+]=[N-])cc(CN2CCNCC2)cc1B(O)O. The van der Waals surface area contributed by atoms with Gasteiger partial charge in [0.05, 0.1) is 0 Å². The summed E-state index contributed by atoms with van der Waals surface area (Å²) < 4.78 is 0. The van der Waals surface area contributed by atoms with Crippen LogP contribution < -0.4 is 10.8 Å². The molecule has 1 aromatic rings. The fourth-order valence-electron chi connectivity index (χ4n) is 2.42. The molecule has 0 amide bonds. The molecule has 2 rings (SSSR count). The molecule has 106 valence electrons. The number of azide groups is 1. The van der Waals surface area contributed by atoms with Gasteiger partial charge in [-0.15, -0.1) is 0 Å². The lowest BCUT2D eigenvalue weighted by Crippen LogP contribution is -2.43. The Morgan fingerprint density at radius 1 is 1.40 bits per heavy atom. The normalized spacial score (nSPS) is 15.8. The van der Waals surface area contributed by atoms with Crippen LogP contribution in [0.25, 0.3) is 10.4 Å². The molecule has 3 N–H and O–H groups in total. The molecule has 0 aromatic heterocycles. The maximum absolute atomic E-state index is 9.42. The Morgan fingerprint density at radius 2 is 2.10 bits per heavy atom. The minimum absolute atomic E-state index is 0.389. The minimum Gasteiger partial charge on any atom is -0.423 e. The van der Waals surface area contributed by atoms with Gasteiger partial charge in [0.25, 0.3) is 0 Å². The summed E-state index contributed by atoms with van der Waals surface area (Å²) in [6, 6.07) is 3.57. The summed E-state index contributed by atoms with van der Waals surface area (Å²) in [6.07, 6.45) is 0. The van der Waals surface area contributed by atoms with E-state index in [9.17, 15) is 10.0 Å². The molecule has 1 aliphatic heterocycles. The Morgan fingerprint density at radius 3 is 2.70 bits per heavy atom. The lowest BCUT2D eigenvalue weighted by Gasteiger charge is -2.27. The topological polar surface area (TPSA) is 104 Å². The van der Waals surface area contributed by atoms with Crippen molar-refractivity contribution in [3.8, 4) is 0 Å². The molecule has 0 spiro atoms. The van der Waals surface area contributed by atoms with Gasteiger partial charge >= 0.3 is 7.12 Å². The van der Waals surface area contributed by atoms with Crippen LogP contribution in [0.15, 0.2) is 17.2 Å². The van der Waals surface area contributed by atoms with Crippen LogP contribution in [0.1, 0.15) is 11.1 Å². The molecule has 1 aromatic carbocycles. The molecular weight excluding hydrogens is 257 g/mol. The van der Waals surface area contributed by atoms with E-state index in [0.29, 0.717) is 23.3 Å². The van der Waals surface area contributed by atoms with Gasteiger partial charge < -0.3 is 15.4 Å². The van der Waals surface area contributed by atoms with Crippen molar-refractivity contribution < 1.29 is 10.0 Å². The van der Waals surface area contributed by atoms with E-state index in [2.05, 4.69) is 20.2 Å². The molecular formula is C12H18BN5O2. The number of hydrogen-bond donors (Lipinski definition) is 3. The first-order chi connectivity index (χ1) is 9.61. The highest BCUT2D eigenvalue weighted by Gasteiger charge is 2.18. The summed E-state index contributed by atoms with van der Waals surface area (Å²) in [5.74, 6) is 0. The summed E-state index contributed by atoms with van der Waals surface area (Å²) in [7, 11) is -1.56. The Bertz CT molecular complexity index is 525. The summed E-state index contributed by atoms with van der Waals surface area (Å²) >= 11 is 0. The molecule has 1 fully saturated rings. The van der Waals surface area contributed by atoms with Gasteiger partial charge in [-0.3, -0.25) is 4.90 Å². The summed E-state index contributed by atoms with van der Waals surface area (Å²) in [4.78, 5) is 5.07. The van der Waals surface area contributed by atoms with E-state index < -0.39 is 7.12 Å². The molecule has 1 heterocycles. The molecule has 0 atom stereocenters. The molecule has 0 unspecified atom stereocenters. The smallest absolute Gasteiger partial charge is 0.423 e. The van der Waals surface area contributed by atoms with Crippen LogP contribution in [0.2, 0.25) is 0 Å². The second-order valence-electron chi connectivity index (χ2n) is 4.92. The molecule has 8 heteroatoms. The minimum atomic E-state index is -1.56. The third kappa shape index (κ3) is 3.50. The quantitative estimate of drug-likeness (QED) is 0.312. The van der Waals surface area contributed by atoms with Crippen molar-refractivity contribution >= 4 is 18.3 Å². The maximum atomic E-state index is 9.42. The highest BCUT2D eigenvalue weighted by Crippen LogP contribution is 2.20. The summed E-state index contributed by atoms with van der Waals surface area (Å²) in [5.41, 5.74) is 11.0. The second-order valence-corrected chi connectivity index (χ2v) is 4.92. The average Bonchev–Trinajstić information content (AvgIpc) is 2.43. The Hall–Kier alpha value is -1.57. The fourth-order valence-corrected chi connectivity index (χ4v) is 2.42. The zero-order valence-corrected chi connectivity index (χ0v) is 11.5. The van der Waals surface area contributed by atoms with Crippen LogP contribution in [-0.4, -0.2) is 48.2 Å².